The van der Waals surface area contributed by atoms with Crippen molar-refractivity contribution in [2.45, 2.75) is 52.4 Å². The van der Waals surface area contributed by atoms with Crippen LogP contribution in [0.15, 0.2) is 23.4 Å². The molecule has 142 valence electrons. The van der Waals surface area contributed by atoms with Crippen molar-refractivity contribution in [1.29, 1.82) is 0 Å². The summed E-state index contributed by atoms with van der Waals surface area (Å²) in [5, 5.41) is 3.77. The lowest BCUT2D eigenvalue weighted by atomic mass is 10.1. The van der Waals surface area contributed by atoms with Crippen LogP contribution in [0.1, 0.15) is 45.0 Å². The number of aryl methyl sites for hydroxylation is 1. The van der Waals surface area contributed by atoms with Crippen LogP contribution >= 0.6 is 11.8 Å². The zero-order chi connectivity index (χ0) is 19.3. The zero-order valence-electron chi connectivity index (χ0n) is 16.0. The number of hydrogen-bond donors (Lipinski definition) is 1. The van der Waals surface area contributed by atoms with E-state index in [2.05, 4.69) is 24.1 Å². The molecule has 2 aromatic rings. The third-order valence-electron chi connectivity index (χ3n) is 4.26. The fourth-order valence-electron chi connectivity index (χ4n) is 2.46. The molecule has 0 spiro atoms. The van der Waals surface area contributed by atoms with Crippen LogP contribution < -0.4 is 5.32 Å². The van der Waals surface area contributed by atoms with Crippen molar-refractivity contribution in [3.63, 3.8) is 0 Å². The first-order valence-corrected chi connectivity index (χ1v) is 9.95. The second-order valence-electron chi connectivity index (χ2n) is 6.45. The second kappa shape index (κ2) is 9.07. The SMILES string of the molecule is CCOC(=O)c1ccc2c(c1)nc(SCC(=O)N[C@@H](C)C(C)C)n2CC. The number of ether oxygens (including phenoxy) is 1. The van der Waals surface area contributed by atoms with Crippen molar-refractivity contribution in [1.82, 2.24) is 14.9 Å². The van der Waals surface area contributed by atoms with Crippen molar-refractivity contribution in [3.05, 3.63) is 23.8 Å². The highest BCUT2D eigenvalue weighted by molar-refractivity contribution is 7.99. The summed E-state index contributed by atoms with van der Waals surface area (Å²) in [6, 6.07) is 5.51. The van der Waals surface area contributed by atoms with Gasteiger partial charge in [-0.1, -0.05) is 25.6 Å². The third-order valence-corrected chi connectivity index (χ3v) is 5.24. The molecule has 7 heteroatoms. The highest BCUT2D eigenvalue weighted by Gasteiger charge is 2.16. The standard InChI is InChI=1S/C19H27N3O3S/c1-6-22-16-9-8-14(18(24)25-7-2)10-15(16)21-19(22)26-11-17(23)20-13(5)12(3)4/h8-10,12-13H,6-7,11H2,1-5H3,(H,20,23)/t13-/m0/s1. The van der Waals surface area contributed by atoms with E-state index >= 15 is 0 Å². The Morgan fingerprint density at radius 3 is 2.62 bits per heavy atom. The molecule has 1 aromatic heterocycles. The number of aromatic nitrogens is 2. The van der Waals surface area contributed by atoms with Crippen LogP contribution in [-0.2, 0) is 16.1 Å². The van der Waals surface area contributed by atoms with Crippen molar-refractivity contribution >= 4 is 34.7 Å². The number of benzene rings is 1. The number of imidazole rings is 1. The fourth-order valence-corrected chi connectivity index (χ4v) is 3.35. The van der Waals surface area contributed by atoms with Gasteiger partial charge in [0.15, 0.2) is 5.16 Å². The normalized spacial score (nSPS) is 12.4. The van der Waals surface area contributed by atoms with E-state index in [1.807, 2.05) is 24.5 Å². The fraction of sp³-hybridized carbons (Fsp3) is 0.526. The van der Waals surface area contributed by atoms with Gasteiger partial charge in [-0.15, -0.1) is 0 Å². The van der Waals surface area contributed by atoms with E-state index < -0.39 is 0 Å². The summed E-state index contributed by atoms with van der Waals surface area (Å²) < 4.78 is 7.09. The summed E-state index contributed by atoms with van der Waals surface area (Å²) >= 11 is 1.41. The second-order valence-corrected chi connectivity index (χ2v) is 7.39. The average Bonchev–Trinajstić information content (AvgIpc) is 2.96. The minimum Gasteiger partial charge on any atom is -0.462 e. The van der Waals surface area contributed by atoms with E-state index in [1.165, 1.54) is 11.8 Å². The number of rotatable bonds is 8. The average molecular weight is 378 g/mol. The summed E-state index contributed by atoms with van der Waals surface area (Å²) in [4.78, 5) is 28.6. The maximum atomic E-state index is 12.1. The lowest BCUT2D eigenvalue weighted by Crippen LogP contribution is -2.37. The summed E-state index contributed by atoms with van der Waals surface area (Å²) in [6.07, 6.45) is 0. The first-order valence-electron chi connectivity index (χ1n) is 8.96. The smallest absolute Gasteiger partial charge is 0.338 e. The molecular weight excluding hydrogens is 350 g/mol. The third kappa shape index (κ3) is 4.78. The van der Waals surface area contributed by atoms with Crippen LogP contribution in [0.25, 0.3) is 11.0 Å². The lowest BCUT2D eigenvalue weighted by Gasteiger charge is -2.17. The van der Waals surface area contributed by atoms with Gasteiger partial charge >= 0.3 is 5.97 Å². The highest BCUT2D eigenvalue weighted by Crippen LogP contribution is 2.25. The van der Waals surface area contributed by atoms with E-state index in [0.717, 1.165) is 22.7 Å². The molecule has 0 radical (unpaired) electrons. The highest BCUT2D eigenvalue weighted by atomic mass is 32.2. The van der Waals surface area contributed by atoms with E-state index in [4.69, 9.17) is 4.74 Å². The van der Waals surface area contributed by atoms with Crippen molar-refractivity contribution in [2.75, 3.05) is 12.4 Å². The maximum absolute atomic E-state index is 12.1. The maximum Gasteiger partial charge on any atom is 0.338 e. The predicted molar refractivity (Wildman–Crippen MR) is 105 cm³/mol. The molecular formula is C19H27N3O3S. The van der Waals surface area contributed by atoms with Gasteiger partial charge in [-0.25, -0.2) is 9.78 Å². The van der Waals surface area contributed by atoms with Crippen LogP contribution in [0.3, 0.4) is 0 Å². The van der Waals surface area contributed by atoms with Gasteiger partial charge in [-0.2, -0.15) is 0 Å². The number of carbonyl (C=O) groups excluding carboxylic acids is 2. The zero-order valence-corrected chi connectivity index (χ0v) is 16.9. The minimum atomic E-state index is -0.350. The van der Waals surface area contributed by atoms with Crippen LogP contribution in [0.5, 0.6) is 0 Å². The Kier molecular flexibility index (Phi) is 7.08. The number of thioether (sulfide) groups is 1. The van der Waals surface area contributed by atoms with Crippen molar-refractivity contribution in [3.8, 4) is 0 Å². The van der Waals surface area contributed by atoms with E-state index in [9.17, 15) is 9.59 Å². The summed E-state index contributed by atoms with van der Waals surface area (Å²) in [5.41, 5.74) is 2.16. The number of nitrogens with zero attached hydrogens (tertiary/aromatic N) is 2. The van der Waals surface area contributed by atoms with Crippen molar-refractivity contribution in [2.24, 2.45) is 5.92 Å². The molecule has 0 aliphatic carbocycles. The van der Waals surface area contributed by atoms with Gasteiger partial charge in [0.05, 0.1) is 29.0 Å². The van der Waals surface area contributed by atoms with Gasteiger partial charge in [-0.3, -0.25) is 4.79 Å². The van der Waals surface area contributed by atoms with Gasteiger partial charge in [0.2, 0.25) is 5.91 Å². The van der Waals surface area contributed by atoms with E-state index in [0.29, 0.717) is 23.8 Å². The Morgan fingerprint density at radius 1 is 1.27 bits per heavy atom. The first-order chi connectivity index (χ1) is 12.4. The van der Waals surface area contributed by atoms with Crippen LogP contribution in [0.4, 0.5) is 0 Å². The molecule has 2 rings (SSSR count). The Balaban J connectivity index is 2.16. The molecule has 6 nitrogen and oxygen atoms in total. The molecule has 0 bridgehead atoms. The molecule has 1 heterocycles. The molecule has 1 aromatic carbocycles. The monoisotopic (exact) mass is 377 g/mol. The number of fused-ring (bicyclic) bond motifs is 1. The molecule has 0 fully saturated rings. The molecule has 0 saturated heterocycles. The number of esters is 1. The van der Waals surface area contributed by atoms with Gasteiger partial charge in [0, 0.05) is 12.6 Å². The van der Waals surface area contributed by atoms with Gasteiger partial charge < -0.3 is 14.6 Å². The molecule has 1 atom stereocenters. The van der Waals surface area contributed by atoms with E-state index in [-0.39, 0.29) is 17.9 Å². The van der Waals surface area contributed by atoms with Crippen molar-refractivity contribution < 1.29 is 14.3 Å². The molecule has 1 N–H and O–H groups in total. The Labute approximate surface area is 158 Å². The number of nitrogens with one attached hydrogen (secondary N) is 1. The Morgan fingerprint density at radius 2 is 2.00 bits per heavy atom. The molecule has 1 amide bonds. The Bertz CT molecular complexity index is 786. The van der Waals surface area contributed by atoms with Gasteiger partial charge in [0.25, 0.3) is 0 Å². The largest absolute Gasteiger partial charge is 0.462 e. The number of carbonyl (C=O) groups is 2. The minimum absolute atomic E-state index is 0.00174. The molecule has 0 aliphatic rings. The molecule has 0 saturated carbocycles. The predicted octanol–water partition coefficient (Wildman–Crippen LogP) is 3.49. The number of amides is 1. The Hall–Kier alpha value is -2.02. The number of hydrogen-bond acceptors (Lipinski definition) is 5. The van der Waals surface area contributed by atoms with E-state index in [1.54, 1.807) is 19.1 Å². The summed E-state index contributed by atoms with van der Waals surface area (Å²) in [7, 11) is 0. The molecule has 0 unspecified atom stereocenters. The summed E-state index contributed by atoms with van der Waals surface area (Å²) in [6.45, 7) is 11.1. The first kappa shape index (κ1) is 20.3. The lowest BCUT2D eigenvalue weighted by molar-refractivity contribution is -0.119. The molecule has 0 aliphatic heterocycles. The topological polar surface area (TPSA) is 73.2 Å². The quantitative estimate of drug-likeness (QED) is 0.563. The van der Waals surface area contributed by atoms with Crippen LogP contribution in [0, 0.1) is 5.92 Å². The molecule has 26 heavy (non-hydrogen) atoms. The van der Waals surface area contributed by atoms with Crippen LogP contribution in [-0.4, -0.2) is 39.8 Å². The van der Waals surface area contributed by atoms with Gasteiger partial charge in [0.1, 0.15) is 0 Å². The summed E-state index contributed by atoms with van der Waals surface area (Å²) in [5.74, 6) is 0.353. The van der Waals surface area contributed by atoms with Gasteiger partial charge in [-0.05, 0) is 44.9 Å². The van der Waals surface area contributed by atoms with Crippen LogP contribution in [0.2, 0.25) is 0 Å².